The fourth-order valence-corrected chi connectivity index (χ4v) is 5.97. The van der Waals surface area contributed by atoms with Crippen LogP contribution in [0.5, 0.6) is 0 Å². The Morgan fingerprint density at radius 2 is 2.22 bits per heavy atom. The third-order valence-corrected chi connectivity index (χ3v) is 7.02. The summed E-state index contributed by atoms with van der Waals surface area (Å²) in [5.41, 5.74) is 1.30. The van der Waals surface area contributed by atoms with Crippen molar-refractivity contribution in [1.82, 2.24) is 10.3 Å². The zero-order chi connectivity index (χ0) is 13.0. The molecule has 0 aliphatic carbocycles. The van der Waals surface area contributed by atoms with E-state index >= 15 is 0 Å². The van der Waals surface area contributed by atoms with Gasteiger partial charge in [0.15, 0.2) is 0 Å². The second-order valence-electron chi connectivity index (χ2n) is 4.75. The zero-order valence-electron chi connectivity index (χ0n) is 11.4. The highest BCUT2D eigenvalue weighted by molar-refractivity contribution is 8.06. The number of aromatic nitrogens is 1. The average molecular weight is 303 g/mol. The second kappa shape index (κ2) is 7.17. The highest BCUT2D eigenvalue weighted by Crippen LogP contribution is 2.39. The van der Waals surface area contributed by atoms with Crippen molar-refractivity contribution in [3.8, 4) is 0 Å². The largest absolute Gasteiger partial charge is 0.310 e. The highest BCUT2D eigenvalue weighted by Gasteiger charge is 2.21. The van der Waals surface area contributed by atoms with Crippen molar-refractivity contribution in [2.75, 3.05) is 17.3 Å². The average Bonchev–Trinajstić information content (AvgIpc) is 2.80. The van der Waals surface area contributed by atoms with Gasteiger partial charge < -0.3 is 5.32 Å². The van der Waals surface area contributed by atoms with Gasteiger partial charge in [-0.05, 0) is 6.42 Å². The maximum absolute atomic E-state index is 4.87. The lowest BCUT2D eigenvalue weighted by atomic mass is 10.3. The van der Waals surface area contributed by atoms with Crippen LogP contribution in [0.3, 0.4) is 0 Å². The number of thiazole rings is 1. The lowest BCUT2D eigenvalue weighted by Gasteiger charge is -2.18. The normalized spacial score (nSPS) is 20.6. The minimum Gasteiger partial charge on any atom is -0.310 e. The van der Waals surface area contributed by atoms with Gasteiger partial charge in [-0.25, -0.2) is 4.98 Å². The summed E-state index contributed by atoms with van der Waals surface area (Å²) in [4.78, 5) is 6.32. The lowest BCUT2D eigenvalue weighted by molar-refractivity contribution is 0.590. The number of thioether (sulfide) groups is 2. The van der Waals surface area contributed by atoms with Crippen LogP contribution in [0.15, 0.2) is 0 Å². The first-order chi connectivity index (χ1) is 8.70. The Bertz CT molecular complexity index is 370. The first kappa shape index (κ1) is 14.7. The molecule has 2 heterocycles. The van der Waals surface area contributed by atoms with Gasteiger partial charge in [0, 0.05) is 34.7 Å². The molecule has 1 atom stereocenters. The first-order valence-electron chi connectivity index (χ1n) is 6.62. The molecule has 1 aliphatic rings. The van der Waals surface area contributed by atoms with E-state index in [9.17, 15) is 0 Å². The summed E-state index contributed by atoms with van der Waals surface area (Å²) in [7, 11) is 0. The number of hydrogen-bond acceptors (Lipinski definition) is 5. The van der Waals surface area contributed by atoms with E-state index in [1.54, 1.807) is 0 Å². The highest BCUT2D eigenvalue weighted by atomic mass is 32.2. The molecule has 0 spiro atoms. The maximum atomic E-state index is 4.87. The van der Waals surface area contributed by atoms with Crippen LogP contribution in [0, 0.1) is 0 Å². The summed E-state index contributed by atoms with van der Waals surface area (Å²) >= 11 is 6.07. The molecule has 1 aromatic rings. The van der Waals surface area contributed by atoms with Gasteiger partial charge in [-0.3, -0.25) is 0 Å². The van der Waals surface area contributed by atoms with Crippen molar-refractivity contribution in [3.05, 3.63) is 15.6 Å². The van der Waals surface area contributed by atoms with E-state index in [4.69, 9.17) is 4.98 Å². The molecule has 2 nitrogen and oxygen atoms in total. The minimum absolute atomic E-state index is 0.542. The number of hydrogen-bond donors (Lipinski definition) is 1. The van der Waals surface area contributed by atoms with Gasteiger partial charge in [0.05, 0.1) is 10.9 Å². The summed E-state index contributed by atoms with van der Waals surface area (Å²) in [6.07, 6.45) is 1.05. The predicted octanol–water partition coefficient (Wildman–Crippen LogP) is 3.72. The molecule has 1 unspecified atom stereocenters. The van der Waals surface area contributed by atoms with Crippen LogP contribution in [0.1, 0.15) is 41.6 Å². The van der Waals surface area contributed by atoms with E-state index in [-0.39, 0.29) is 0 Å². The fourth-order valence-electron chi connectivity index (χ4n) is 1.88. The third-order valence-electron chi connectivity index (χ3n) is 2.89. The van der Waals surface area contributed by atoms with Gasteiger partial charge in [-0.1, -0.05) is 20.8 Å². The lowest BCUT2D eigenvalue weighted by Crippen LogP contribution is -2.21. The Balaban J connectivity index is 2.07. The van der Waals surface area contributed by atoms with Gasteiger partial charge in [0.2, 0.25) is 0 Å². The molecule has 0 radical (unpaired) electrons. The minimum atomic E-state index is 0.542. The molecule has 102 valence electrons. The number of aryl methyl sites for hydroxylation is 1. The Hall–Kier alpha value is 0.290. The molecule has 18 heavy (non-hydrogen) atoms. The van der Waals surface area contributed by atoms with Gasteiger partial charge in [-0.2, -0.15) is 11.8 Å². The van der Waals surface area contributed by atoms with E-state index in [0.717, 1.165) is 13.0 Å². The van der Waals surface area contributed by atoms with Crippen LogP contribution in [-0.4, -0.2) is 28.3 Å². The van der Waals surface area contributed by atoms with Gasteiger partial charge >= 0.3 is 0 Å². The molecule has 0 amide bonds. The van der Waals surface area contributed by atoms with Crippen molar-refractivity contribution in [1.29, 1.82) is 0 Å². The van der Waals surface area contributed by atoms with Crippen LogP contribution < -0.4 is 5.32 Å². The first-order valence-corrected chi connectivity index (χ1v) is 9.64. The summed E-state index contributed by atoms with van der Waals surface area (Å²) in [6, 6.07) is 0.542. The van der Waals surface area contributed by atoms with Crippen LogP contribution in [-0.2, 0) is 13.0 Å². The SMILES string of the molecule is CCc1nc(C2CSCCS2)sc1CNC(C)C. The monoisotopic (exact) mass is 302 g/mol. The molecule has 0 saturated carbocycles. The topological polar surface area (TPSA) is 24.9 Å². The Morgan fingerprint density at radius 3 is 2.83 bits per heavy atom. The van der Waals surface area contributed by atoms with Crippen LogP contribution in [0.25, 0.3) is 0 Å². The molecule has 1 aromatic heterocycles. The second-order valence-corrected chi connectivity index (χ2v) is 8.32. The summed E-state index contributed by atoms with van der Waals surface area (Å²) in [5, 5.41) is 5.49. The van der Waals surface area contributed by atoms with E-state index in [0.29, 0.717) is 11.3 Å². The van der Waals surface area contributed by atoms with Crippen molar-refractivity contribution in [2.24, 2.45) is 0 Å². The Morgan fingerprint density at radius 1 is 1.39 bits per heavy atom. The Kier molecular flexibility index (Phi) is 5.86. The predicted molar refractivity (Wildman–Crippen MR) is 86.0 cm³/mol. The van der Waals surface area contributed by atoms with Gasteiger partial charge in [0.25, 0.3) is 0 Å². The zero-order valence-corrected chi connectivity index (χ0v) is 13.8. The quantitative estimate of drug-likeness (QED) is 0.896. The molecule has 1 fully saturated rings. The van der Waals surface area contributed by atoms with Gasteiger partial charge in [0.1, 0.15) is 5.01 Å². The molecule has 1 N–H and O–H groups in total. The Labute approximate surface area is 123 Å². The molecular formula is C13H22N2S3. The standard InChI is InChI=1S/C13H22N2S3/c1-4-10-11(7-14-9(2)3)18-13(15-10)12-8-16-5-6-17-12/h9,12,14H,4-8H2,1-3H3. The van der Waals surface area contributed by atoms with E-state index in [1.165, 1.54) is 32.8 Å². The smallest absolute Gasteiger partial charge is 0.107 e. The fraction of sp³-hybridized carbons (Fsp3) is 0.769. The molecule has 0 bridgehead atoms. The molecule has 0 aromatic carbocycles. The number of nitrogens with zero attached hydrogens (tertiary/aromatic N) is 1. The maximum Gasteiger partial charge on any atom is 0.107 e. The van der Waals surface area contributed by atoms with Crippen LogP contribution >= 0.6 is 34.9 Å². The molecular weight excluding hydrogens is 280 g/mol. The summed E-state index contributed by atoms with van der Waals surface area (Å²) in [6.45, 7) is 7.58. The van der Waals surface area contributed by atoms with Crippen molar-refractivity contribution in [2.45, 2.75) is 45.0 Å². The molecule has 1 saturated heterocycles. The summed E-state index contributed by atoms with van der Waals surface area (Å²) in [5.74, 6) is 3.81. The molecule has 1 aliphatic heterocycles. The number of rotatable bonds is 5. The number of nitrogens with one attached hydrogen (secondary N) is 1. The van der Waals surface area contributed by atoms with E-state index in [1.807, 2.05) is 11.3 Å². The van der Waals surface area contributed by atoms with Crippen LogP contribution in [0.4, 0.5) is 0 Å². The summed E-state index contributed by atoms with van der Waals surface area (Å²) < 4.78 is 0. The molecule has 2 rings (SSSR count). The van der Waals surface area contributed by atoms with Crippen molar-refractivity contribution < 1.29 is 0 Å². The van der Waals surface area contributed by atoms with E-state index in [2.05, 4.69) is 49.6 Å². The third kappa shape index (κ3) is 3.89. The van der Waals surface area contributed by atoms with Gasteiger partial charge in [-0.15, -0.1) is 23.1 Å². The van der Waals surface area contributed by atoms with Crippen molar-refractivity contribution in [3.63, 3.8) is 0 Å². The van der Waals surface area contributed by atoms with E-state index < -0.39 is 0 Å². The van der Waals surface area contributed by atoms with Crippen LogP contribution in [0.2, 0.25) is 0 Å². The van der Waals surface area contributed by atoms with Crippen molar-refractivity contribution >= 4 is 34.9 Å². The molecule has 5 heteroatoms.